The third-order valence-electron chi connectivity index (χ3n) is 3.54. The number of amides is 2. The number of carboxylic acid groups (broad SMARTS) is 1. The van der Waals surface area contributed by atoms with Gasteiger partial charge in [-0.1, -0.05) is 6.42 Å². The minimum Gasteiger partial charge on any atom is -0.478 e. The van der Waals surface area contributed by atoms with Crippen LogP contribution in [0.15, 0.2) is 18.2 Å². The number of rotatable bonds is 5. The third kappa shape index (κ3) is 4.05. The van der Waals surface area contributed by atoms with Crippen LogP contribution in [-0.4, -0.2) is 22.9 Å². The zero-order valence-corrected chi connectivity index (χ0v) is 11.8. The Hall–Kier alpha value is -2.37. The first kappa shape index (κ1) is 15.0. The molecule has 6 nitrogen and oxygen atoms in total. The highest BCUT2D eigenvalue weighted by Crippen LogP contribution is 2.30. The average molecular weight is 290 g/mol. The Morgan fingerprint density at radius 2 is 1.95 bits per heavy atom. The number of nitrogens with one attached hydrogen (secondary N) is 2. The van der Waals surface area contributed by atoms with Crippen molar-refractivity contribution in [2.24, 2.45) is 5.92 Å². The van der Waals surface area contributed by atoms with Crippen LogP contribution in [0.25, 0.3) is 0 Å². The maximum Gasteiger partial charge on any atom is 0.337 e. The van der Waals surface area contributed by atoms with E-state index >= 15 is 0 Å². The zero-order chi connectivity index (χ0) is 15.4. The molecule has 1 aromatic carbocycles. The van der Waals surface area contributed by atoms with Gasteiger partial charge < -0.3 is 15.7 Å². The molecule has 1 aromatic rings. The van der Waals surface area contributed by atoms with Gasteiger partial charge in [-0.3, -0.25) is 9.59 Å². The van der Waals surface area contributed by atoms with Gasteiger partial charge in [-0.05, 0) is 37.0 Å². The summed E-state index contributed by atoms with van der Waals surface area (Å²) < 4.78 is 0. The fourth-order valence-electron chi connectivity index (χ4n) is 2.27. The Balaban J connectivity index is 2.11. The number of benzene rings is 1. The normalized spacial score (nSPS) is 14.1. The van der Waals surface area contributed by atoms with Gasteiger partial charge in [-0.15, -0.1) is 0 Å². The lowest BCUT2D eigenvalue weighted by Gasteiger charge is -2.24. The van der Waals surface area contributed by atoms with Gasteiger partial charge >= 0.3 is 5.97 Å². The fourth-order valence-corrected chi connectivity index (χ4v) is 2.27. The van der Waals surface area contributed by atoms with Crippen molar-refractivity contribution >= 4 is 29.2 Å². The molecule has 0 radical (unpaired) electrons. The topological polar surface area (TPSA) is 95.5 Å². The Kier molecular flexibility index (Phi) is 4.57. The van der Waals surface area contributed by atoms with E-state index in [-0.39, 0.29) is 23.1 Å². The lowest BCUT2D eigenvalue weighted by molar-refractivity contribution is -0.117. The molecule has 0 unspecified atom stereocenters. The molecule has 0 spiro atoms. The van der Waals surface area contributed by atoms with Crippen molar-refractivity contribution in [2.75, 3.05) is 10.6 Å². The van der Waals surface area contributed by atoms with Gasteiger partial charge in [0.05, 0.1) is 11.3 Å². The summed E-state index contributed by atoms with van der Waals surface area (Å²) in [5.74, 6) is -1.19. The molecule has 3 N–H and O–H groups in total. The van der Waals surface area contributed by atoms with Gasteiger partial charge in [0.25, 0.3) is 0 Å². The predicted molar refractivity (Wildman–Crippen MR) is 78.3 cm³/mol. The van der Waals surface area contributed by atoms with Crippen molar-refractivity contribution in [3.8, 4) is 0 Å². The van der Waals surface area contributed by atoms with Crippen LogP contribution in [0.2, 0.25) is 0 Å². The number of aromatic carboxylic acids is 1. The number of carbonyl (C=O) groups is 3. The molecule has 2 rings (SSSR count). The largest absolute Gasteiger partial charge is 0.478 e. The van der Waals surface area contributed by atoms with E-state index in [9.17, 15) is 19.5 Å². The highest BCUT2D eigenvalue weighted by atomic mass is 16.4. The summed E-state index contributed by atoms with van der Waals surface area (Å²) in [7, 11) is 0. The van der Waals surface area contributed by atoms with E-state index < -0.39 is 5.97 Å². The monoisotopic (exact) mass is 290 g/mol. The lowest BCUT2D eigenvalue weighted by Crippen LogP contribution is -2.22. The fraction of sp³-hybridized carbons (Fsp3) is 0.400. The lowest BCUT2D eigenvalue weighted by atomic mass is 9.83. The Bertz CT molecular complexity index is 579. The summed E-state index contributed by atoms with van der Waals surface area (Å²) >= 11 is 0. The second kappa shape index (κ2) is 6.39. The molecule has 2 amide bonds. The summed E-state index contributed by atoms with van der Waals surface area (Å²) in [6, 6.07) is 4.39. The van der Waals surface area contributed by atoms with Crippen LogP contribution in [0.1, 0.15) is 43.0 Å². The molecule has 21 heavy (non-hydrogen) atoms. The summed E-state index contributed by atoms with van der Waals surface area (Å²) in [4.78, 5) is 34.1. The second-order valence-electron chi connectivity index (χ2n) is 5.30. The SMILES string of the molecule is CC(=O)Nc1ccc(NC(=O)CC2CCC2)c(C(=O)O)c1. The standard InChI is InChI=1S/C15H18N2O4/c1-9(18)16-11-5-6-13(12(8-11)15(20)21)17-14(19)7-10-3-2-4-10/h5-6,8,10H,2-4,7H2,1H3,(H,16,18)(H,17,19)(H,20,21). The zero-order valence-electron chi connectivity index (χ0n) is 11.8. The number of hydrogen-bond donors (Lipinski definition) is 3. The Labute approximate surface area is 122 Å². The highest BCUT2D eigenvalue weighted by Gasteiger charge is 2.21. The van der Waals surface area contributed by atoms with Crippen molar-refractivity contribution in [3.63, 3.8) is 0 Å². The molecular weight excluding hydrogens is 272 g/mol. The van der Waals surface area contributed by atoms with E-state index in [1.165, 1.54) is 19.1 Å². The molecule has 1 aliphatic rings. The van der Waals surface area contributed by atoms with Crippen LogP contribution < -0.4 is 10.6 Å². The van der Waals surface area contributed by atoms with Crippen molar-refractivity contribution in [1.82, 2.24) is 0 Å². The third-order valence-corrected chi connectivity index (χ3v) is 3.54. The van der Waals surface area contributed by atoms with Crippen LogP contribution in [0.4, 0.5) is 11.4 Å². The average Bonchev–Trinajstić information content (AvgIpc) is 2.35. The molecule has 0 aliphatic heterocycles. The molecule has 0 heterocycles. The van der Waals surface area contributed by atoms with Crippen molar-refractivity contribution in [3.05, 3.63) is 23.8 Å². The van der Waals surface area contributed by atoms with E-state index in [0.29, 0.717) is 18.0 Å². The Morgan fingerprint density at radius 1 is 1.24 bits per heavy atom. The second-order valence-corrected chi connectivity index (χ2v) is 5.30. The summed E-state index contributed by atoms with van der Waals surface area (Å²) in [6.07, 6.45) is 3.69. The quantitative estimate of drug-likeness (QED) is 0.776. The van der Waals surface area contributed by atoms with E-state index in [1.54, 1.807) is 6.07 Å². The molecule has 1 fully saturated rings. The van der Waals surface area contributed by atoms with Crippen LogP contribution in [0, 0.1) is 5.92 Å². The maximum absolute atomic E-state index is 11.9. The first-order valence-corrected chi connectivity index (χ1v) is 6.90. The van der Waals surface area contributed by atoms with Crippen LogP contribution in [0.3, 0.4) is 0 Å². The first-order valence-electron chi connectivity index (χ1n) is 6.90. The van der Waals surface area contributed by atoms with Gasteiger partial charge in [0.1, 0.15) is 0 Å². The van der Waals surface area contributed by atoms with Gasteiger partial charge in [0.2, 0.25) is 11.8 Å². The molecule has 0 atom stereocenters. The highest BCUT2D eigenvalue weighted by molar-refractivity contribution is 6.02. The first-order chi connectivity index (χ1) is 9.95. The van der Waals surface area contributed by atoms with Crippen molar-refractivity contribution in [1.29, 1.82) is 0 Å². The van der Waals surface area contributed by atoms with Gasteiger partial charge in [0.15, 0.2) is 0 Å². The molecule has 112 valence electrons. The van der Waals surface area contributed by atoms with E-state index in [2.05, 4.69) is 10.6 Å². The Morgan fingerprint density at radius 3 is 2.48 bits per heavy atom. The maximum atomic E-state index is 11.9. The molecule has 1 saturated carbocycles. The number of carbonyl (C=O) groups excluding carboxylic acids is 2. The van der Waals surface area contributed by atoms with Gasteiger partial charge in [-0.2, -0.15) is 0 Å². The number of hydrogen-bond acceptors (Lipinski definition) is 3. The van der Waals surface area contributed by atoms with Crippen LogP contribution in [0.5, 0.6) is 0 Å². The molecule has 0 saturated heterocycles. The minimum absolute atomic E-state index is 0.0387. The predicted octanol–water partition coefficient (Wildman–Crippen LogP) is 2.47. The summed E-state index contributed by atoms with van der Waals surface area (Å²) in [5.41, 5.74) is 0.598. The molecule has 6 heteroatoms. The van der Waals surface area contributed by atoms with Crippen molar-refractivity contribution < 1.29 is 19.5 Å². The molecule has 0 aromatic heterocycles. The number of anilines is 2. The van der Waals surface area contributed by atoms with Crippen molar-refractivity contribution in [2.45, 2.75) is 32.6 Å². The summed E-state index contributed by atoms with van der Waals surface area (Å²) in [6.45, 7) is 1.34. The minimum atomic E-state index is -1.15. The van der Waals surface area contributed by atoms with E-state index in [0.717, 1.165) is 19.3 Å². The summed E-state index contributed by atoms with van der Waals surface area (Å²) in [5, 5.41) is 14.4. The smallest absolute Gasteiger partial charge is 0.337 e. The molecular formula is C15H18N2O4. The van der Waals surface area contributed by atoms with E-state index in [1.807, 2.05) is 0 Å². The van der Waals surface area contributed by atoms with Crippen LogP contribution >= 0.6 is 0 Å². The van der Waals surface area contributed by atoms with Gasteiger partial charge in [-0.25, -0.2) is 4.79 Å². The molecule has 1 aliphatic carbocycles. The van der Waals surface area contributed by atoms with Gasteiger partial charge in [0, 0.05) is 19.0 Å². The number of carboxylic acids is 1. The van der Waals surface area contributed by atoms with E-state index in [4.69, 9.17) is 0 Å². The molecule has 0 bridgehead atoms. The van der Waals surface area contributed by atoms with Crippen LogP contribution in [-0.2, 0) is 9.59 Å².